The third-order valence-electron chi connectivity index (χ3n) is 3.61. The van der Waals surface area contributed by atoms with E-state index in [-0.39, 0.29) is 17.6 Å². The second kappa shape index (κ2) is 7.12. The molecule has 2 rings (SSSR count). The quantitative estimate of drug-likeness (QED) is 0.871. The first-order valence-electron chi connectivity index (χ1n) is 7.06. The molecular formula is C15H21FN2O2. The summed E-state index contributed by atoms with van der Waals surface area (Å²) < 4.78 is 18.3. The number of amides is 2. The van der Waals surface area contributed by atoms with Crippen LogP contribution in [0.1, 0.15) is 31.2 Å². The summed E-state index contributed by atoms with van der Waals surface area (Å²) in [5.74, 6) is -0.138. The van der Waals surface area contributed by atoms with E-state index in [1.807, 2.05) is 0 Å². The molecule has 1 aliphatic rings. The largest absolute Gasteiger partial charge is 0.494 e. The van der Waals surface area contributed by atoms with Crippen molar-refractivity contribution in [1.29, 1.82) is 0 Å². The van der Waals surface area contributed by atoms with Gasteiger partial charge >= 0.3 is 6.03 Å². The molecule has 20 heavy (non-hydrogen) atoms. The van der Waals surface area contributed by atoms with Crippen molar-refractivity contribution in [3.05, 3.63) is 29.6 Å². The minimum absolute atomic E-state index is 0.133. The van der Waals surface area contributed by atoms with Gasteiger partial charge in [0.1, 0.15) is 0 Å². The van der Waals surface area contributed by atoms with Crippen LogP contribution in [0, 0.1) is 5.82 Å². The van der Waals surface area contributed by atoms with Crippen LogP contribution in [-0.2, 0) is 6.42 Å². The molecule has 0 aromatic heterocycles. The van der Waals surface area contributed by atoms with E-state index in [2.05, 4.69) is 10.6 Å². The molecular weight excluding hydrogens is 259 g/mol. The summed E-state index contributed by atoms with van der Waals surface area (Å²) in [5.41, 5.74) is 0.837. The summed E-state index contributed by atoms with van der Waals surface area (Å²) in [6.45, 7) is 0.490. The number of methoxy groups -OCH3 is 1. The zero-order chi connectivity index (χ0) is 14.4. The zero-order valence-electron chi connectivity index (χ0n) is 11.7. The molecule has 0 atom stereocenters. The van der Waals surface area contributed by atoms with E-state index >= 15 is 0 Å². The molecule has 4 nitrogen and oxygen atoms in total. The zero-order valence-corrected chi connectivity index (χ0v) is 11.7. The summed E-state index contributed by atoms with van der Waals surface area (Å²) >= 11 is 0. The molecule has 0 radical (unpaired) electrons. The van der Waals surface area contributed by atoms with Gasteiger partial charge in [0, 0.05) is 12.6 Å². The standard InChI is InChI=1S/C15H21FN2O2/c1-20-14-7-6-11(10-13(14)16)8-9-17-15(19)18-12-4-2-3-5-12/h6-7,10,12H,2-5,8-9H2,1H3,(H2,17,18,19). The highest BCUT2D eigenvalue weighted by atomic mass is 19.1. The molecule has 2 N–H and O–H groups in total. The fourth-order valence-electron chi connectivity index (χ4n) is 2.49. The van der Waals surface area contributed by atoms with Gasteiger partial charge in [0.15, 0.2) is 11.6 Å². The topological polar surface area (TPSA) is 50.4 Å². The molecule has 110 valence electrons. The van der Waals surface area contributed by atoms with E-state index < -0.39 is 0 Å². The first kappa shape index (κ1) is 14.6. The molecule has 0 unspecified atom stereocenters. The maximum atomic E-state index is 13.5. The van der Waals surface area contributed by atoms with Crippen LogP contribution >= 0.6 is 0 Å². The number of carbonyl (C=O) groups excluding carboxylic acids is 1. The first-order valence-corrected chi connectivity index (χ1v) is 7.06. The Kier molecular flexibility index (Phi) is 5.21. The molecule has 5 heteroatoms. The normalized spacial score (nSPS) is 15.1. The average Bonchev–Trinajstić information content (AvgIpc) is 2.92. The molecule has 1 aliphatic carbocycles. The molecule has 0 spiro atoms. The van der Waals surface area contributed by atoms with Crippen molar-refractivity contribution in [3.63, 3.8) is 0 Å². The van der Waals surface area contributed by atoms with E-state index in [0.717, 1.165) is 18.4 Å². The van der Waals surface area contributed by atoms with E-state index in [1.165, 1.54) is 26.0 Å². The Morgan fingerprint density at radius 2 is 2.15 bits per heavy atom. The lowest BCUT2D eigenvalue weighted by molar-refractivity contribution is 0.237. The van der Waals surface area contributed by atoms with Gasteiger partial charge in [-0.05, 0) is 37.0 Å². The van der Waals surface area contributed by atoms with E-state index in [0.29, 0.717) is 19.0 Å². The Bertz CT molecular complexity index is 459. The molecule has 1 aromatic carbocycles. The van der Waals surface area contributed by atoms with Crippen molar-refractivity contribution in [2.75, 3.05) is 13.7 Å². The Morgan fingerprint density at radius 3 is 2.80 bits per heavy atom. The molecule has 2 amide bonds. The number of benzene rings is 1. The second-order valence-electron chi connectivity index (χ2n) is 5.10. The van der Waals surface area contributed by atoms with Crippen molar-refractivity contribution >= 4 is 6.03 Å². The highest BCUT2D eigenvalue weighted by Crippen LogP contribution is 2.18. The number of rotatable bonds is 5. The Balaban J connectivity index is 1.72. The van der Waals surface area contributed by atoms with Gasteiger partial charge < -0.3 is 15.4 Å². The van der Waals surface area contributed by atoms with Crippen LogP contribution in [0.2, 0.25) is 0 Å². The van der Waals surface area contributed by atoms with Gasteiger partial charge in [0.05, 0.1) is 7.11 Å². The fraction of sp³-hybridized carbons (Fsp3) is 0.533. The molecule has 1 aromatic rings. The van der Waals surface area contributed by atoms with Crippen molar-refractivity contribution < 1.29 is 13.9 Å². The first-order chi connectivity index (χ1) is 9.69. The lowest BCUT2D eigenvalue weighted by Gasteiger charge is -2.13. The van der Waals surface area contributed by atoms with Crippen LogP contribution in [0.25, 0.3) is 0 Å². The molecule has 0 aliphatic heterocycles. The minimum Gasteiger partial charge on any atom is -0.494 e. The van der Waals surface area contributed by atoms with Crippen LogP contribution < -0.4 is 15.4 Å². The van der Waals surface area contributed by atoms with Gasteiger partial charge in [-0.25, -0.2) is 9.18 Å². The highest BCUT2D eigenvalue weighted by molar-refractivity contribution is 5.74. The van der Waals surface area contributed by atoms with E-state index in [1.54, 1.807) is 12.1 Å². The lowest BCUT2D eigenvalue weighted by Crippen LogP contribution is -2.41. The third kappa shape index (κ3) is 4.11. The van der Waals surface area contributed by atoms with Gasteiger partial charge in [-0.1, -0.05) is 18.9 Å². The van der Waals surface area contributed by atoms with Gasteiger partial charge in [-0.15, -0.1) is 0 Å². The van der Waals surface area contributed by atoms with Gasteiger partial charge in [-0.3, -0.25) is 0 Å². The maximum Gasteiger partial charge on any atom is 0.315 e. The number of nitrogens with one attached hydrogen (secondary N) is 2. The third-order valence-corrected chi connectivity index (χ3v) is 3.61. The molecule has 0 bridgehead atoms. The van der Waals surface area contributed by atoms with Crippen LogP contribution in [-0.4, -0.2) is 25.7 Å². The lowest BCUT2D eigenvalue weighted by atomic mass is 10.1. The summed E-state index contributed by atoms with van der Waals surface area (Å²) in [6, 6.07) is 5.02. The van der Waals surface area contributed by atoms with Crippen LogP contribution in [0.4, 0.5) is 9.18 Å². The minimum atomic E-state index is -0.375. The molecule has 0 saturated heterocycles. The molecule has 1 fully saturated rings. The number of urea groups is 1. The van der Waals surface area contributed by atoms with E-state index in [9.17, 15) is 9.18 Å². The summed E-state index contributed by atoms with van der Waals surface area (Å²) in [4.78, 5) is 11.6. The van der Waals surface area contributed by atoms with Gasteiger partial charge in [0.2, 0.25) is 0 Å². The number of halogens is 1. The summed E-state index contributed by atoms with van der Waals surface area (Å²) in [7, 11) is 1.44. The maximum absolute atomic E-state index is 13.5. The number of hydrogen-bond acceptors (Lipinski definition) is 2. The Morgan fingerprint density at radius 1 is 1.40 bits per heavy atom. The van der Waals surface area contributed by atoms with Gasteiger partial charge in [0.25, 0.3) is 0 Å². The molecule has 0 heterocycles. The smallest absolute Gasteiger partial charge is 0.315 e. The van der Waals surface area contributed by atoms with Crippen molar-refractivity contribution in [3.8, 4) is 5.75 Å². The number of hydrogen-bond donors (Lipinski definition) is 2. The van der Waals surface area contributed by atoms with Crippen LogP contribution in [0.3, 0.4) is 0 Å². The van der Waals surface area contributed by atoms with Crippen molar-refractivity contribution in [1.82, 2.24) is 10.6 Å². The van der Waals surface area contributed by atoms with Crippen molar-refractivity contribution in [2.24, 2.45) is 0 Å². The second-order valence-corrected chi connectivity index (χ2v) is 5.10. The van der Waals surface area contributed by atoms with Gasteiger partial charge in [-0.2, -0.15) is 0 Å². The van der Waals surface area contributed by atoms with Crippen molar-refractivity contribution in [2.45, 2.75) is 38.1 Å². The number of carbonyl (C=O) groups is 1. The average molecular weight is 280 g/mol. The Hall–Kier alpha value is -1.78. The number of ether oxygens (including phenoxy) is 1. The van der Waals surface area contributed by atoms with Crippen LogP contribution in [0.5, 0.6) is 5.75 Å². The van der Waals surface area contributed by atoms with Crippen LogP contribution in [0.15, 0.2) is 18.2 Å². The summed E-state index contributed by atoms with van der Waals surface area (Å²) in [5, 5.41) is 5.75. The fourth-order valence-corrected chi connectivity index (χ4v) is 2.49. The summed E-state index contributed by atoms with van der Waals surface area (Å²) in [6.07, 6.45) is 5.11. The highest BCUT2D eigenvalue weighted by Gasteiger charge is 2.16. The molecule has 1 saturated carbocycles. The monoisotopic (exact) mass is 280 g/mol. The van der Waals surface area contributed by atoms with E-state index in [4.69, 9.17) is 4.74 Å². The predicted octanol–water partition coefficient (Wildman–Crippen LogP) is 2.62. The Labute approximate surface area is 118 Å². The SMILES string of the molecule is COc1ccc(CCNC(=O)NC2CCCC2)cc1F. The predicted molar refractivity (Wildman–Crippen MR) is 75.4 cm³/mol.